The second-order valence-corrected chi connectivity index (χ2v) is 7.04. The highest BCUT2D eigenvalue weighted by atomic mass is 35.5. The van der Waals surface area contributed by atoms with Gasteiger partial charge in [0.1, 0.15) is 5.01 Å². The van der Waals surface area contributed by atoms with Crippen LogP contribution in [-0.4, -0.2) is 4.98 Å². The smallest absolute Gasteiger partial charge is 0.123 e. The van der Waals surface area contributed by atoms with Crippen LogP contribution in [0.3, 0.4) is 0 Å². The number of nitrogens with zero attached hydrogens (tertiary/aromatic N) is 1. The van der Waals surface area contributed by atoms with Gasteiger partial charge in [0.2, 0.25) is 0 Å². The molecule has 0 aliphatic carbocycles. The standard InChI is InChI=1S/C14H16ClNS2/c1-14(2,3)12-11(8-17)18-13(16-12)9-4-6-10(15)7-5-9/h4-7,17H,8H2,1-3H3. The van der Waals surface area contributed by atoms with Gasteiger partial charge in [0.15, 0.2) is 0 Å². The summed E-state index contributed by atoms with van der Waals surface area (Å²) < 4.78 is 0. The monoisotopic (exact) mass is 297 g/mol. The van der Waals surface area contributed by atoms with E-state index in [9.17, 15) is 0 Å². The third-order valence-electron chi connectivity index (χ3n) is 2.64. The van der Waals surface area contributed by atoms with E-state index in [1.54, 1.807) is 11.3 Å². The van der Waals surface area contributed by atoms with Crippen molar-refractivity contribution in [3.05, 3.63) is 39.9 Å². The average Bonchev–Trinajstić information content (AvgIpc) is 2.73. The van der Waals surface area contributed by atoms with E-state index in [0.29, 0.717) is 0 Å². The van der Waals surface area contributed by atoms with Crippen LogP contribution < -0.4 is 0 Å². The Morgan fingerprint density at radius 1 is 1.22 bits per heavy atom. The number of hydrogen-bond acceptors (Lipinski definition) is 3. The SMILES string of the molecule is CC(C)(C)c1nc(-c2ccc(Cl)cc2)sc1CS. The molecule has 1 aromatic carbocycles. The molecule has 0 saturated carbocycles. The van der Waals surface area contributed by atoms with Crippen molar-refractivity contribution in [2.75, 3.05) is 0 Å². The predicted octanol–water partition coefficient (Wildman–Crippen LogP) is 5.19. The lowest BCUT2D eigenvalue weighted by Crippen LogP contribution is -2.13. The molecule has 0 N–H and O–H groups in total. The predicted molar refractivity (Wildman–Crippen MR) is 84.0 cm³/mol. The molecule has 2 rings (SSSR count). The summed E-state index contributed by atoms with van der Waals surface area (Å²) >= 11 is 12.0. The normalized spacial score (nSPS) is 11.8. The Balaban J connectivity index is 2.47. The molecule has 2 aromatic rings. The van der Waals surface area contributed by atoms with Crippen molar-refractivity contribution in [3.63, 3.8) is 0 Å². The van der Waals surface area contributed by atoms with Gasteiger partial charge in [-0.25, -0.2) is 4.98 Å². The molecule has 0 bridgehead atoms. The van der Waals surface area contributed by atoms with Gasteiger partial charge in [0.25, 0.3) is 0 Å². The quantitative estimate of drug-likeness (QED) is 0.753. The van der Waals surface area contributed by atoms with Crippen molar-refractivity contribution < 1.29 is 0 Å². The van der Waals surface area contributed by atoms with Crippen LogP contribution in [0.4, 0.5) is 0 Å². The minimum atomic E-state index is 0.0548. The second-order valence-electron chi connectivity index (χ2n) is 5.21. The highest BCUT2D eigenvalue weighted by Crippen LogP contribution is 2.35. The van der Waals surface area contributed by atoms with Gasteiger partial charge < -0.3 is 0 Å². The molecule has 0 aliphatic rings. The highest BCUT2D eigenvalue weighted by Gasteiger charge is 2.22. The largest absolute Gasteiger partial charge is 0.240 e. The number of hydrogen-bond donors (Lipinski definition) is 1. The molecule has 96 valence electrons. The summed E-state index contributed by atoms with van der Waals surface area (Å²) in [5.41, 5.74) is 2.31. The summed E-state index contributed by atoms with van der Waals surface area (Å²) in [6.45, 7) is 6.54. The Labute approximate surface area is 123 Å². The summed E-state index contributed by atoms with van der Waals surface area (Å²) in [7, 11) is 0. The summed E-state index contributed by atoms with van der Waals surface area (Å²) in [6, 6.07) is 7.82. The number of aromatic nitrogens is 1. The van der Waals surface area contributed by atoms with E-state index in [1.807, 2.05) is 24.3 Å². The molecule has 1 aromatic heterocycles. The van der Waals surface area contributed by atoms with E-state index in [-0.39, 0.29) is 5.41 Å². The Bertz CT molecular complexity index is 538. The maximum Gasteiger partial charge on any atom is 0.123 e. The van der Waals surface area contributed by atoms with Gasteiger partial charge in [0.05, 0.1) is 5.69 Å². The molecule has 1 heterocycles. The zero-order valence-corrected chi connectivity index (χ0v) is 13.2. The maximum atomic E-state index is 5.91. The van der Waals surface area contributed by atoms with Crippen LogP contribution in [-0.2, 0) is 11.2 Å². The average molecular weight is 298 g/mol. The molecule has 0 saturated heterocycles. The molecule has 4 heteroatoms. The number of halogens is 1. The van der Waals surface area contributed by atoms with E-state index in [4.69, 9.17) is 16.6 Å². The van der Waals surface area contributed by atoms with Crippen LogP contribution in [0.2, 0.25) is 5.02 Å². The van der Waals surface area contributed by atoms with Crippen LogP contribution in [0.25, 0.3) is 10.6 Å². The van der Waals surface area contributed by atoms with E-state index < -0.39 is 0 Å². The maximum absolute atomic E-state index is 5.91. The van der Waals surface area contributed by atoms with Crippen molar-refractivity contribution in [2.45, 2.75) is 31.9 Å². The highest BCUT2D eigenvalue weighted by molar-refractivity contribution is 7.79. The Morgan fingerprint density at radius 3 is 2.28 bits per heavy atom. The van der Waals surface area contributed by atoms with Crippen molar-refractivity contribution in [3.8, 4) is 10.6 Å². The molecule has 0 unspecified atom stereocenters. The van der Waals surface area contributed by atoms with Gasteiger partial charge in [-0.2, -0.15) is 12.6 Å². The number of thiol groups is 1. The third kappa shape index (κ3) is 2.90. The molecular formula is C14H16ClNS2. The fraction of sp³-hybridized carbons (Fsp3) is 0.357. The van der Waals surface area contributed by atoms with Crippen LogP contribution in [0.1, 0.15) is 31.3 Å². The van der Waals surface area contributed by atoms with Gasteiger partial charge in [-0.1, -0.05) is 44.5 Å². The molecule has 0 atom stereocenters. The van der Waals surface area contributed by atoms with Crippen LogP contribution >= 0.6 is 35.6 Å². The van der Waals surface area contributed by atoms with Gasteiger partial charge in [-0.05, 0) is 12.1 Å². The first-order valence-electron chi connectivity index (χ1n) is 5.79. The third-order valence-corrected chi connectivity index (χ3v) is 4.53. The molecule has 0 spiro atoms. The second kappa shape index (κ2) is 5.24. The van der Waals surface area contributed by atoms with Crippen molar-refractivity contribution in [2.24, 2.45) is 0 Å². The Morgan fingerprint density at radius 2 is 1.83 bits per heavy atom. The summed E-state index contributed by atoms with van der Waals surface area (Å²) in [5, 5.41) is 1.79. The lowest BCUT2D eigenvalue weighted by molar-refractivity contribution is 0.569. The molecule has 0 radical (unpaired) electrons. The van der Waals surface area contributed by atoms with E-state index >= 15 is 0 Å². The molecule has 0 amide bonds. The number of benzene rings is 1. The topological polar surface area (TPSA) is 12.9 Å². The first-order chi connectivity index (χ1) is 8.41. The Kier molecular flexibility index (Phi) is 4.05. The molecule has 0 aliphatic heterocycles. The fourth-order valence-corrected chi connectivity index (χ4v) is 3.37. The van der Waals surface area contributed by atoms with Crippen LogP contribution in [0, 0.1) is 0 Å². The first-order valence-corrected chi connectivity index (χ1v) is 7.61. The van der Waals surface area contributed by atoms with E-state index in [1.165, 1.54) is 4.88 Å². The fourth-order valence-electron chi connectivity index (χ4n) is 1.76. The number of rotatable bonds is 2. The van der Waals surface area contributed by atoms with E-state index in [2.05, 4.69) is 33.4 Å². The zero-order valence-electron chi connectivity index (χ0n) is 10.7. The number of thiazole rings is 1. The van der Waals surface area contributed by atoms with Crippen molar-refractivity contribution >= 4 is 35.6 Å². The van der Waals surface area contributed by atoms with E-state index in [0.717, 1.165) is 27.0 Å². The first kappa shape index (κ1) is 13.9. The molecular weight excluding hydrogens is 282 g/mol. The van der Waals surface area contributed by atoms with Crippen LogP contribution in [0.5, 0.6) is 0 Å². The van der Waals surface area contributed by atoms with Gasteiger partial charge in [-0.3, -0.25) is 0 Å². The van der Waals surface area contributed by atoms with Gasteiger partial charge in [0, 0.05) is 26.6 Å². The minimum Gasteiger partial charge on any atom is -0.240 e. The lowest BCUT2D eigenvalue weighted by atomic mass is 9.91. The van der Waals surface area contributed by atoms with Gasteiger partial charge >= 0.3 is 0 Å². The summed E-state index contributed by atoms with van der Waals surface area (Å²) in [4.78, 5) is 6.02. The molecule has 1 nitrogen and oxygen atoms in total. The Hall–Kier alpha value is -0.510. The van der Waals surface area contributed by atoms with Crippen LogP contribution in [0.15, 0.2) is 24.3 Å². The summed E-state index contributed by atoms with van der Waals surface area (Å²) in [5.74, 6) is 0.734. The summed E-state index contributed by atoms with van der Waals surface area (Å²) in [6.07, 6.45) is 0. The zero-order chi connectivity index (χ0) is 13.3. The minimum absolute atomic E-state index is 0.0548. The van der Waals surface area contributed by atoms with Crippen molar-refractivity contribution in [1.29, 1.82) is 0 Å². The van der Waals surface area contributed by atoms with Gasteiger partial charge in [-0.15, -0.1) is 11.3 Å². The molecule has 18 heavy (non-hydrogen) atoms. The molecule has 0 fully saturated rings. The lowest BCUT2D eigenvalue weighted by Gasteiger charge is -2.16. The van der Waals surface area contributed by atoms with Crippen molar-refractivity contribution in [1.82, 2.24) is 4.98 Å².